The van der Waals surface area contributed by atoms with Gasteiger partial charge in [-0.3, -0.25) is 9.69 Å². The van der Waals surface area contributed by atoms with E-state index in [1.54, 1.807) is 6.07 Å². The summed E-state index contributed by atoms with van der Waals surface area (Å²) in [5.41, 5.74) is 4.62. The molecule has 44 heavy (non-hydrogen) atoms. The van der Waals surface area contributed by atoms with Gasteiger partial charge in [0, 0.05) is 44.7 Å². The van der Waals surface area contributed by atoms with Gasteiger partial charge in [0.05, 0.1) is 13.2 Å². The van der Waals surface area contributed by atoms with Gasteiger partial charge in [-0.15, -0.1) is 0 Å². The van der Waals surface area contributed by atoms with Crippen LogP contribution in [-0.4, -0.2) is 61.1 Å². The van der Waals surface area contributed by atoms with Gasteiger partial charge in [0.2, 0.25) is 0 Å². The predicted molar refractivity (Wildman–Crippen MR) is 180 cm³/mol. The summed E-state index contributed by atoms with van der Waals surface area (Å²) >= 11 is 0. The lowest BCUT2D eigenvalue weighted by Gasteiger charge is -2.30. The highest BCUT2D eigenvalue weighted by molar-refractivity contribution is 5.63. The summed E-state index contributed by atoms with van der Waals surface area (Å²) in [6.45, 7) is 14.3. The lowest BCUT2D eigenvalue weighted by Crippen LogP contribution is -2.32. The van der Waals surface area contributed by atoms with Crippen molar-refractivity contribution in [1.29, 1.82) is 0 Å². The molecule has 2 aromatic rings. The van der Waals surface area contributed by atoms with Crippen molar-refractivity contribution in [2.75, 3.05) is 31.6 Å². The van der Waals surface area contributed by atoms with Crippen molar-refractivity contribution < 1.29 is 23.8 Å². The molecule has 4 rings (SSSR count). The largest absolute Gasteiger partial charge is 0.493 e. The van der Waals surface area contributed by atoms with Gasteiger partial charge in [0.1, 0.15) is 17.9 Å². The van der Waals surface area contributed by atoms with Crippen molar-refractivity contribution in [3.63, 3.8) is 0 Å². The van der Waals surface area contributed by atoms with Gasteiger partial charge in [-0.1, -0.05) is 65.5 Å². The van der Waals surface area contributed by atoms with Gasteiger partial charge in [-0.2, -0.15) is 0 Å². The van der Waals surface area contributed by atoms with Crippen LogP contribution in [0.25, 0.3) is 0 Å². The zero-order valence-corrected chi connectivity index (χ0v) is 28.3. The van der Waals surface area contributed by atoms with Gasteiger partial charge in [-0.05, 0) is 85.4 Å². The maximum absolute atomic E-state index is 13.2. The Bertz CT molecular complexity index is 1150. The molecule has 0 bridgehead atoms. The molecule has 2 aromatic carbocycles. The predicted octanol–water partition coefficient (Wildman–Crippen LogP) is 8.43. The van der Waals surface area contributed by atoms with E-state index in [0.717, 1.165) is 55.7 Å². The molecule has 2 aliphatic heterocycles. The average Bonchev–Trinajstić information content (AvgIpc) is 3.61. The fourth-order valence-corrected chi connectivity index (χ4v) is 6.58. The van der Waals surface area contributed by atoms with E-state index in [1.165, 1.54) is 62.5 Å². The number of nitrogens with zero attached hydrogens (tertiary/aromatic N) is 2. The van der Waals surface area contributed by atoms with Crippen molar-refractivity contribution in [3.8, 4) is 5.75 Å². The van der Waals surface area contributed by atoms with Crippen LogP contribution in [0.15, 0.2) is 36.4 Å². The number of likely N-dealkylation sites (tertiary alicyclic amines) is 1. The van der Waals surface area contributed by atoms with Crippen LogP contribution in [0.2, 0.25) is 0 Å². The second kappa shape index (κ2) is 19.5. The number of anilines is 1. The van der Waals surface area contributed by atoms with E-state index in [4.69, 9.17) is 14.6 Å². The Labute approximate surface area is 266 Å². The van der Waals surface area contributed by atoms with Crippen LogP contribution >= 0.6 is 0 Å². The van der Waals surface area contributed by atoms with Gasteiger partial charge in [-0.25, -0.2) is 4.39 Å². The number of aldehydes is 1. The number of aliphatic carboxylic acids is 1. The topological polar surface area (TPSA) is 70.1 Å². The third-order valence-corrected chi connectivity index (χ3v) is 8.82. The molecule has 0 spiro atoms. The van der Waals surface area contributed by atoms with E-state index in [0.29, 0.717) is 24.5 Å². The Kier molecular flexibility index (Phi) is 16.5. The van der Waals surface area contributed by atoms with Crippen LogP contribution in [0.1, 0.15) is 109 Å². The second-order valence-corrected chi connectivity index (χ2v) is 12.6. The van der Waals surface area contributed by atoms with Crippen molar-refractivity contribution in [2.24, 2.45) is 5.92 Å². The van der Waals surface area contributed by atoms with Crippen LogP contribution in [0.5, 0.6) is 5.75 Å². The molecule has 0 aromatic heterocycles. The highest BCUT2D eigenvalue weighted by Crippen LogP contribution is 2.37. The number of fused-ring (bicyclic) bond motifs is 1. The molecular weight excluding hydrogens is 555 g/mol. The first-order valence-corrected chi connectivity index (χ1v) is 16.7. The molecule has 1 N–H and O–H groups in total. The Morgan fingerprint density at radius 1 is 1.11 bits per heavy atom. The standard InChI is InChI=1S/C20H29NO2.C15H24FN.C2H4O2/c1-3-4-15(2)11-19-13-18(14-21(19)8-9-22)16-5-6-20-17(12-16)7-10-23-20;1-5-7-13(8-6-2)17(4)14-9-10-15(16)12(3)11-14;1-2(3)4/h5-6,9,12,15,18-19H,3-4,7-8,10-11,13-14H2,1-2H3;9-11,13H,5-8H2,1-4H3;1H3,(H,3,4)/t15?,18-,19+;;/m1../s1. The summed E-state index contributed by atoms with van der Waals surface area (Å²) < 4.78 is 18.9. The highest BCUT2D eigenvalue weighted by Gasteiger charge is 2.33. The van der Waals surface area contributed by atoms with Crippen LogP contribution in [0.3, 0.4) is 0 Å². The fourth-order valence-electron chi connectivity index (χ4n) is 6.58. The maximum atomic E-state index is 13.2. The molecule has 246 valence electrons. The molecule has 0 aliphatic carbocycles. The van der Waals surface area contributed by atoms with Gasteiger partial charge >= 0.3 is 0 Å². The first-order chi connectivity index (χ1) is 21.0. The first-order valence-electron chi connectivity index (χ1n) is 16.7. The van der Waals surface area contributed by atoms with Crippen molar-refractivity contribution in [2.45, 2.75) is 117 Å². The number of hydrogen-bond donors (Lipinski definition) is 1. The zero-order valence-electron chi connectivity index (χ0n) is 28.3. The smallest absolute Gasteiger partial charge is 0.300 e. The quantitative estimate of drug-likeness (QED) is 0.229. The Hall–Kier alpha value is -2.93. The van der Waals surface area contributed by atoms with E-state index in [-0.39, 0.29) is 5.82 Å². The Balaban J connectivity index is 0.000000284. The number of hydrogen-bond acceptors (Lipinski definition) is 5. The number of aryl methyl sites for hydroxylation is 1. The third-order valence-electron chi connectivity index (χ3n) is 8.82. The van der Waals surface area contributed by atoms with E-state index in [2.05, 4.69) is 62.7 Å². The maximum Gasteiger partial charge on any atom is 0.300 e. The first kappa shape index (κ1) is 37.3. The minimum absolute atomic E-state index is 0.121. The van der Waals surface area contributed by atoms with E-state index in [1.807, 2.05) is 19.1 Å². The zero-order chi connectivity index (χ0) is 32.6. The molecular formula is C37H57FN2O4. The summed E-state index contributed by atoms with van der Waals surface area (Å²) in [7, 11) is 2.11. The van der Waals surface area contributed by atoms with E-state index >= 15 is 0 Å². The van der Waals surface area contributed by atoms with Crippen LogP contribution in [0.4, 0.5) is 10.1 Å². The van der Waals surface area contributed by atoms with E-state index in [9.17, 15) is 9.18 Å². The second-order valence-electron chi connectivity index (χ2n) is 12.6. The number of ether oxygens (including phenoxy) is 1. The molecule has 2 aliphatic rings. The molecule has 0 amide bonds. The molecule has 1 unspecified atom stereocenters. The van der Waals surface area contributed by atoms with Gasteiger partial charge < -0.3 is 19.5 Å². The number of carbonyl (C=O) groups is 2. The lowest BCUT2D eigenvalue weighted by molar-refractivity contribution is -0.134. The normalized spacial score (nSPS) is 17.9. The number of carbonyl (C=O) groups excluding carboxylic acids is 1. The van der Waals surface area contributed by atoms with Crippen molar-refractivity contribution in [3.05, 3.63) is 58.9 Å². The number of benzene rings is 2. The fraction of sp³-hybridized carbons (Fsp3) is 0.622. The summed E-state index contributed by atoms with van der Waals surface area (Å²) in [4.78, 5) is 24.7. The number of carboxylic acids is 1. The summed E-state index contributed by atoms with van der Waals surface area (Å²) in [5, 5.41) is 7.42. The number of rotatable bonds is 13. The molecule has 0 saturated carbocycles. The molecule has 1 saturated heterocycles. The van der Waals surface area contributed by atoms with Crippen molar-refractivity contribution >= 4 is 17.9 Å². The van der Waals surface area contributed by atoms with Crippen LogP contribution < -0.4 is 9.64 Å². The minimum atomic E-state index is -0.833. The molecule has 2 heterocycles. The van der Waals surface area contributed by atoms with E-state index < -0.39 is 5.97 Å². The molecule has 6 nitrogen and oxygen atoms in total. The molecule has 0 radical (unpaired) electrons. The Morgan fingerprint density at radius 2 is 1.77 bits per heavy atom. The molecule has 3 atom stereocenters. The Morgan fingerprint density at radius 3 is 2.36 bits per heavy atom. The summed E-state index contributed by atoms with van der Waals surface area (Å²) in [5.74, 6) is 1.40. The monoisotopic (exact) mass is 612 g/mol. The average molecular weight is 613 g/mol. The summed E-state index contributed by atoms with van der Waals surface area (Å²) in [6.07, 6.45) is 11.8. The van der Waals surface area contributed by atoms with Crippen molar-refractivity contribution in [1.82, 2.24) is 4.90 Å². The number of carboxylic acid groups (broad SMARTS) is 1. The molecule has 7 heteroatoms. The van der Waals surface area contributed by atoms with Gasteiger partial charge in [0.25, 0.3) is 5.97 Å². The van der Waals surface area contributed by atoms with Crippen LogP contribution in [0, 0.1) is 18.7 Å². The third kappa shape index (κ3) is 11.9. The SMILES string of the molecule is CC(=O)O.CCCC(C)C[C@H]1C[C@@H](c2ccc3c(c2)CCO3)CN1CC=O.CCCC(CCC)N(C)c1ccc(F)c(C)c1. The summed E-state index contributed by atoms with van der Waals surface area (Å²) in [6, 6.07) is 13.2. The van der Waals surface area contributed by atoms with Gasteiger partial charge in [0.15, 0.2) is 0 Å². The lowest BCUT2D eigenvalue weighted by atomic mass is 9.90. The van der Waals surface area contributed by atoms with Crippen LogP contribution in [-0.2, 0) is 16.0 Å². The minimum Gasteiger partial charge on any atom is -0.493 e. The number of halogens is 1. The molecule has 1 fully saturated rings. The highest BCUT2D eigenvalue weighted by atomic mass is 19.1.